The minimum absolute atomic E-state index is 0.0758. The van der Waals surface area contributed by atoms with Crippen molar-refractivity contribution < 1.29 is 17.7 Å². The second-order valence-electron chi connectivity index (χ2n) is 5.20. The normalized spacial score (nSPS) is 19.9. The van der Waals surface area contributed by atoms with E-state index in [1.165, 1.54) is 6.92 Å². The third-order valence-corrected chi connectivity index (χ3v) is 4.93. The molecular weight excluding hydrogens is 301 g/mol. The molecule has 1 aliphatic heterocycles. The Hall–Kier alpha value is -1.58. The lowest BCUT2D eigenvalue weighted by Gasteiger charge is -2.13. The van der Waals surface area contributed by atoms with Crippen molar-refractivity contribution in [3.63, 3.8) is 0 Å². The quantitative estimate of drug-likeness (QED) is 0.661. The van der Waals surface area contributed by atoms with Gasteiger partial charge in [-0.3, -0.25) is 10.1 Å². The number of hydrogen-bond donors (Lipinski definition) is 1. The summed E-state index contributed by atoms with van der Waals surface area (Å²) in [5.41, 5.74) is -0.910. The van der Waals surface area contributed by atoms with Crippen LogP contribution in [-0.2, 0) is 10.0 Å². The van der Waals surface area contributed by atoms with Gasteiger partial charge in [0, 0.05) is 18.7 Å². The number of aryl methyl sites for hydroxylation is 1. The molecule has 9 heteroatoms. The zero-order valence-electron chi connectivity index (χ0n) is 11.7. The molecular formula is C12H16FN3O4S. The minimum atomic E-state index is -3.91. The number of likely N-dealkylation sites (tertiary alicyclic amines) is 1. The van der Waals surface area contributed by atoms with Gasteiger partial charge in [0.25, 0.3) is 0 Å². The van der Waals surface area contributed by atoms with E-state index in [4.69, 9.17) is 0 Å². The number of likely N-dealkylation sites (N-methyl/N-ethyl adjacent to an activating group) is 1. The largest absolute Gasteiger partial charge is 0.306 e. The number of nitro groups is 1. The van der Waals surface area contributed by atoms with Crippen LogP contribution in [-0.4, -0.2) is 44.4 Å². The van der Waals surface area contributed by atoms with E-state index in [-0.39, 0.29) is 16.5 Å². The van der Waals surface area contributed by atoms with Gasteiger partial charge in [0.1, 0.15) is 0 Å². The maximum absolute atomic E-state index is 13.6. The number of benzene rings is 1. The number of sulfonamides is 1. The Morgan fingerprint density at radius 3 is 2.67 bits per heavy atom. The van der Waals surface area contributed by atoms with E-state index in [2.05, 4.69) is 4.72 Å². The third-order valence-electron chi connectivity index (χ3n) is 3.43. The average molecular weight is 317 g/mol. The van der Waals surface area contributed by atoms with E-state index in [0.717, 1.165) is 18.7 Å². The monoisotopic (exact) mass is 317 g/mol. The second kappa shape index (κ2) is 5.66. The molecule has 1 atom stereocenters. The van der Waals surface area contributed by atoms with Gasteiger partial charge in [-0.15, -0.1) is 0 Å². The molecule has 7 nitrogen and oxygen atoms in total. The van der Waals surface area contributed by atoms with E-state index < -0.39 is 26.5 Å². The van der Waals surface area contributed by atoms with Gasteiger partial charge in [0.05, 0.1) is 9.82 Å². The Labute approximate surface area is 122 Å². The van der Waals surface area contributed by atoms with Crippen molar-refractivity contribution in [3.05, 3.63) is 33.6 Å². The lowest BCUT2D eigenvalue weighted by atomic mass is 10.2. The number of nitrogens with one attached hydrogen (secondary N) is 1. The van der Waals surface area contributed by atoms with Crippen LogP contribution in [0.15, 0.2) is 17.0 Å². The fourth-order valence-corrected chi connectivity index (χ4v) is 3.69. The fraction of sp³-hybridized carbons (Fsp3) is 0.500. The molecule has 21 heavy (non-hydrogen) atoms. The summed E-state index contributed by atoms with van der Waals surface area (Å²) < 4.78 is 40.6. The Kier molecular flexibility index (Phi) is 4.26. The molecule has 0 aliphatic carbocycles. The first-order chi connectivity index (χ1) is 9.70. The summed E-state index contributed by atoms with van der Waals surface area (Å²) in [6.07, 6.45) is 0.665. The molecule has 0 spiro atoms. The van der Waals surface area contributed by atoms with E-state index in [0.29, 0.717) is 13.0 Å². The van der Waals surface area contributed by atoms with Gasteiger partial charge >= 0.3 is 5.69 Å². The van der Waals surface area contributed by atoms with Gasteiger partial charge in [0.2, 0.25) is 15.8 Å². The number of nitrogens with zero attached hydrogens (tertiary/aromatic N) is 2. The van der Waals surface area contributed by atoms with Crippen LogP contribution in [0.3, 0.4) is 0 Å². The maximum Gasteiger partial charge on any atom is 0.306 e. The maximum atomic E-state index is 13.6. The second-order valence-corrected chi connectivity index (χ2v) is 6.91. The summed E-state index contributed by atoms with van der Waals surface area (Å²) in [5, 5.41) is 10.8. The highest BCUT2D eigenvalue weighted by molar-refractivity contribution is 7.89. The van der Waals surface area contributed by atoms with Crippen molar-refractivity contribution in [2.75, 3.05) is 20.1 Å². The summed E-state index contributed by atoms with van der Waals surface area (Å²) in [4.78, 5) is 11.5. The van der Waals surface area contributed by atoms with Crippen LogP contribution >= 0.6 is 0 Å². The van der Waals surface area contributed by atoms with Crippen molar-refractivity contribution >= 4 is 15.7 Å². The summed E-state index contributed by atoms with van der Waals surface area (Å²) in [6, 6.07) is 1.61. The lowest BCUT2D eigenvalue weighted by molar-refractivity contribution is -0.387. The van der Waals surface area contributed by atoms with E-state index in [9.17, 15) is 22.9 Å². The van der Waals surface area contributed by atoms with Crippen molar-refractivity contribution in [1.82, 2.24) is 9.62 Å². The van der Waals surface area contributed by atoms with Gasteiger partial charge < -0.3 is 4.90 Å². The first kappa shape index (κ1) is 15.8. The number of rotatable bonds is 4. The minimum Gasteiger partial charge on any atom is -0.305 e. The molecule has 1 unspecified atom stereocenters. The van der Waals surface area contributed by atoms with Gasteiger partial charge in [-0.05, 0) is 38.6 Å². The molecule has 1 aromatic carbocycles. The van der Waals surface area contributed by atoms with Crippen LogP contribution in [0.4, 0.5) is 10.1 Å². The molecule has 0 aromatic heterocycles. The highest BCUT2D eigenvalue weighted by Crippen LogP contribution is 2.25. The zero-order valence-corrected chi connectivity index (χ0v) is 12.5. The van der Waals surface area contributed by atoms with Gasteiger partial charge in [0.15, 0.2) is 0 Å². The molecule has 0 radical (unpaired) electrons. The zero-order chi connectivity index (χ0) is 15.8. The number of halogens is 1. The van der Waals surface area contributed by atoms with Crippen molar-refractivity contribution in [3.8, 4) is 0 Å². The standard InChI is InChI=1S/C12H16FN3O4S/c1-8-5-10(6-11(12(8)13)16(17)18)21(19,20)14-9-3-4-15(2)7-9/h5-6,9,14H,3-4,7H2,1-2H3. The molecule has 1 aromatic rings. The summed E-state index contributed by atoms with van der Waals surface area (Å²) in [5.74, 6) is -1.01. The molecule has 116 valence electrons. The average Bonchev–Trinajstić information content (AvgIpc) is 2.76. The smallest absolute Gasteiger partial charge is 0.305 e. The number of nitro benzene ring substituents is 1. The van der Waals surface area contributed by atoms with Crippen LogP contribution in [0.25, 0.3) is 0 Å². The summed E-state index contributed by atoms with van der Waals surface area (Å²) in [7, 11) is -2.03. The molecule has 0 saturated carbocycles. The number of hydrogen-bond acceptors (Lipinski definition) is 5. The van der Waals surface area contributed by atoms with Crippen molar-refractivity contribution in [2.24, 2.45) is 0 Å². The Morgan fingerprint density at radius 2 is 2.14 bits per heavy atom. The Bertz CT molecular complexity index is 677. The SMILES string of the molecule is Cc1cc(S(=O)(=O)NC2CCN(C)C2)cc([N+](=O)[O-])c1F. The predicted octanol–water partition coefficient (Wildman–Crippen LogP) is 1.02. The Balaban J connectivity index is 2.34. The highest BCUT2D eigenvalue weighted by Gasteiger charge is 2.28. The van der Waals surface area contributed by atoms with Crippen LogP contribution in [0, 0.1) is 22.9 Å². The molecule has 1 heterocycles. The molecule has 2 rings (SSSR count). The van der Waals surface area contributed by atoms with Gasteiger partial charge in [-0.25, -0.2) is 13.1 Å². The van der Waals surface area contributed by atoms with Gasteiger partial charge in [-0.2, -0.15) is 4.39 Å². The fourth-order valence-electron chi connectivity index (χ4n) is 2.33. The third kappa shape index (κ3) is 3.36. The van der Waals surface area contributed by atoms with Crippen molar-refractivity contribution in [1.29, 1.82) is 0 Å². The van der Waals surface area contributed by atoms with Gasteiger partial charge in [-0.1, -0.05) is 0 Å². The predicted molar refractivity (Wildman–Crippen MR) is 74.0 cm³/mol. The van der Waals surface area contributed by atoms with Crippen LogP contribution < -0.4 is 4.72 Å². The molecule has 1 N–H and O–H groups in total. The van der Waals surface area contributed by atoms with E-state index in [1.807, 2.05) is 11.9 Å². The molecule has 1 saturated heterocycles. The molecule has 1 aliphatic rings. The van der Waals surface area contributed by atoms with Crippen LogP contribution in [0.2, 0.25) is 0 Å². The molecule has 0 bridgehead atoms. The Morgan fingerprint density at radius 1 is 1.48 bits per heavy atom. The van der Waals surface area contributed by atoms with Crippen molar-refractivity contribution in [2.45, 2.75) is 24.3 Å². The first-order valence-electron chi connectivity index (χ1n) is 6.36. The summed E-state index contributed by atoms with van der Waals surface area (Å²) >= 11 is 0. The molecule has 1 fully saturated rings. The first-order valence-corrected chi connectivity index (χ1v) is 7.84. The van der Waals surface area contributed by atoms with Crippen LogP contribution in [0.5, 0.6) is 0 Å². The summed E-state index contributed by atoms with van der Waals surface area (Å²) in [6.45, 7) is 2.64. The van der Waals surface area contributed by atoms with Crippen LogP contribution in [0.1, 0.15) is 12.0 Å². The highest BCUT2D eigenvalue weighted by atomic mass is 32.2. The van der Waals surface area contributed by atoms with E-state index in [1.54, 1.807) is 0 Å². The molecule has 0 amide bonds. The lowest BCUT2D eigenvalue weighted by Crippen LogP contribution is -2.36. The van der Waals surface area contributed by atoms with E-state index >= 15 is 0 Å². The topological polar surface area (TPSA) is 92.6 Å².